The number of rotatable bonds is 2. The summed E-state index contributed by atoms with van der Waals surface area (Å²) >= 11 is 2.50. The molecule has 0 N–H and O–H groups in total. The van der Waals surface area contributed by atoms with Gasteiger partial charge in [0.25, 0.3) is 0 Å². The van der Waals surface area contributed by atoms with Crippen LogP contribution in [0.15, 0.2) is 18.2 Å². The number of alkyl halides is 3. The Labute approximate surface area is 98.9 Å². The first-order valence-electron chi connectivity index (χ1n) is 4.33. The highest BCUT2D eigenvalue weighted by Gasteiger charge is 2.29. The Morgan fingerprint density at radius 3 is 2.56 bits per heavy atom. The van der Waals surface area contributed by atoms with E-state index in [1.165, 1.54) is 25.1 Å². The van der Waals surface area contributed by atoms with Gasteiger partial charge in [0, 0.05) is 0 Å². The largest absolute Gasteiger partial charge is 0.393 e. The fraction of sp³-hybridized carbons (Fsp3) is 0.300. The molecule has 16 heavy (non-hydrogen) atoms. The van der Waals surface area contributed by atoms with Crippen molar-refractivity contribution in [3.05, 3.63) is 34.9 Å². The molecule has 6 heteroatoms. The van der Waals surface area contributed by atoms with Crippen LogP contribution in [0.25, 0.3) is 0 Å². The summed E-state index contributed by atoms with van der Waals surface area (Å²) in [5, 5.41) is 0. The van der Waals surface area contributed by atoms with E-state index in [0.717, 1.165) is 0 Å². The van der Waals surface area contributed by atoms with Crippen molar-refractivity contribution in [2.24, 2.45) is 0 Å². The normalized spacial score (nSPS) is 11.3. The molecule has 0 heterocycles. The van der Waals surface area contributed by atoms with Gasteiger partial charge in [-0.15, -0.1) is 0 Å². The molecule has 88 valence electrons. The Kier molecular flexibility index (Phi) is 3.96. The molecule has 0 spiro atoms. The number of halogens is 4. The Morgan fingerprint density at radius 2 is 2.06 bits per heavy atom. The van der Waals surface area contributed by atoms with E-state index in [4.69, 9.17) is 0 Å². The summed E-state index contributed by atoms with van der Waals surface area (Å²) in [6, 6.07) is 4.15. The monoisotopic (exact) mass is 296 g/mol. The molecule has 0 aliphatic heterocycles. The fourth-order valence-electron chi connectivity index (χ4n) is 1.35. The number of hydrogen-bond acceptors (Lipinski definition) is 2. The topological polar surface area (TPSA) is 26.3 Å². The van der Waals surface area contributed by atoms with E-state index in [2.05, 4.69) is 20.1 Å². The maximum Gasteiger partial charge on any atom is 0.393 e. The average molecular weight is 297 g/mol. The molecule has 0 radical (unpaired) electrons. The minimum Gasteiger partial charge on any atom is -0.380 e. The van der Waals surface area contributed by atoms with Crippen molar-refractivity contribution in [2.45, 2.75) is 19.5 Å². The Bertz CT molecular complexity index is 402. The lowest BCUT2D eigenvalue weighted by Crippen LogP contribution is -2.14. The van der Waals surface area contributed by atoms with Gasteiger partial charge in [-0.1, -0.05) is 12.1 Å². The Morgan fingerprint density at radius 1 is 1.44 bits per heavy atom. The first kappa shape index (κ1) is 13.0. The van der Waals surface area contributed by atoms with Crippen LogP contribution < -0.4 is 0 Å². The van der Waals surface area contributed by atoms with Gasteiger partial charge in [0.1, 0.15) is 0 Å². The van der Waals surface area contributed by atoms with Gasteiger partial charge in [0.15, 0.2) is 16.3 Å². The van der Waals surface area contributed by atoms with Gasteiger partial charge < -0.3 is 3.83 Å². The van der Waals surface area contributed by atoms with Gasteiger partial charge in [-0.3, -0.25) is 0 Å². The lowest BCUT2D eigenvalue weighted by molar-refractivity contribution is -0.127. The van der Waals surface area contributed by atoms with Crippen molar-refractivity contribution in [1.82, 2.24) is 0 Å². The number of hydrogen-bond donors (Lipinski definition) is 0. The maximum atomic E-state index is 12.2. The molecule has 2 nitrogen and oxygen atoms in total. The lowest BCUT2D eigenvalue weighted by atomic mass is 10.00. The molecule has 1 aromatic rings. The molecule has 0 amide bonds. The van der Waals surface area contributed by atoms with Gasteiger partial charge in [0.2, 0.25) is 0 Å². The van der Waals surface area contributed by atoms with Crippen LogP contribution >= 0.6 is 16.3 Å². The van der Waals surface area contributed by atoms with Crippen LogP contribution in [0.5, 0.6) is 0 Å². The van der Waals surface area contributed by atoms with Crippen LogP contribution in [0.2, 0.25) is 0 Å². The van der Waals surface area contributed by atoms with E-state index >= 15 is 0 Å². The van der Waals surface area contributed by atoms with Crippen molar-refractivity contribution < 1.29 is 21.8 Å². The number of carbonyl (C=O) groups is 1. The van der Waals surface area contributed by atoms with Crippen molar-refractivity contribution in [3.63, 3.8) is 0 Å². The third-order valence-electron chi connectivity index (χ3n) is 2.13. The average Bonchev–Trinajstić information content (AvgIpc) is 2.18. The standard InChI is InChI=1S/C10H8BrF3O2/c1-6-7(5-10(12,13)14)3-2-4-8(6)9(15)16-11/h2-4H,5H2,1H3. The van der Waals surface area contributed by atoms with E-state index in [1.807, 2.05) is 0 Å². The predicted octanol–water partition coefficient (Wildman–Crippen LogP) is 3.57. The minimum absolute atomic E-state index is 0.0721. The third kappa shape index (κ3) is 3.23. The second-order valence-corrected chi connectivity index (χ2v) is 3.57. The molecule has 1 aromatic carbocycles. The van der Waals surface area contributed by atoms with Crippen molar-refractivity contribution in [1.29, 1.82) is 0 Å². The maximum absolute atomic E-state index is 12.2. The quantitative estimate of drug-likeness (QED) is 0.834. The number of carbonyl (C=O) groups excluding carboxylic acids is 1. The van der Waals surface area contributed by atoms with Gasteiger partial charge in [-0.05, 0) is 24.1 Å². The van der Waals surface area contributed by atoms with Crippen LogP contribution in [0.3, 0.4) is 0 Å². The summed E-state index contributed by atoms with van der Waals surface area (Å²) in [5.41, 5.74) is 0.478. The second kappa shape index (κ2) is 4.86. The molecular formula is C10H8BrF3O2. The molecule has 0 bridgehead atoms. The van der Waals surface area contributed by atoms with Gasteiger partial charge >= 0.3 is 12.1 Å². The summed E-state index contributed by atoms with van der Waals surface area (Å²) in [4.78, 5) is 11.2. The SMILES string of the molecule is Cc1c(CC(F)(F)F)cccc1C(=O)OBr. The van der Waals surface area contributed by atoms with Crippen LogP contribution in [0.4, 0.5) is 13.2 Å². The van der Waals surface area contributed by atoms with Crippen molar-refractivity contribution in [2.75, 3.05) is 0 Å². The van der Waals surface area contributed by atoms with E-state index in [0.29, 0.717) is 0 Å². The molecule has 0 fully saturated rings. The van der Waals surface area contributed by atoms with Crippen LogP contribution in [-0.2, 0) is 10.2 Å². The third-order valence-corrected chi connectivity index (χ3v) is 2.42. The summed E-state index contributed by atoms with van der Waals surface area (Å²) < 4.78 is 40.9. The predicted molar refractivity (Wildman–Crippen MR) is 55.3 cm³/mol. The molecular weight excluding hydrogens is 289 g/mol. The highest BCUT2D eigenvalue weighted by atomic mass is 79.9. The second-order valence-electron chi connectivity index (χ2n) is 3.25. The smallest absolute Gasteiger partial charge is 0.380 e. The lowest BCUT2D eigenvalue weighted by Gasteiger charge is -2.11. The highest BCUT2D eigenvalue weighted by Crippen LogP contribution is 2.25. The summed E-state index contributed by atoms with van der Waals surface area (Å²) in [7, 11) is 0. The van der Waals surface area contributed by atoms with E-state index in [-0.39, 0.29) is 16.7 Å². The zero-order chi connectivity index (χ0) is 12.3. The minimum atomic E-state index is -4.29. The zero-order valence-electron chi connectivity index (χ0n) is 8.27. The molecule has 0 saturated heterocycles. The van der Waals surface area contributed by atoms with Crippen LogP contribution in [0, 0.1) is 6.92 Å². The van der Waals surface area contributed by atoms with Gasteiger partial charge in [0.05, 0.1) is 12.0 Å². The fourth-order valence-corrected chi connectivity index (χ4v) is 1.53. The molecule has 0 saturated carbocycles. The Hall–Kier alpha value is -1.04. The van der Waals surface area contributed by atoms with Crippen molar-refractivity contribution in [3.8, 4) is 0 Å². The van der Waals surface area contributed by atoms with Gasteiger partial charge in [-0.2, -0.15) is 13.2 Å². The van der Waals surface area contributed by atoms with Crippen LogP contribution in [0.1, 0.15) is 21.5 Å². The molecule has 1 rings (SSSR count). The first-order valence-corrected chi connectivity index (χ1v) is 4.98. The van der Waals surface area contributed by atoms with E-state index < -0.39 is 18.6 Å². The number of benzene rings is 1. The summed E-state index contributed by atoms with van der Waals surface area (Å²) in [5.74, 6) is -0.707. The molecule has 0 aliphatic rings. The molecule has 0 atom stereocenters. The molecule has 0 aromatic heterocycles. The zero-order valence-corrected chi connectivity index (χ0v) is 9.85. The van der Waals surface area contributed by atoms with E-state index in [1.54, 1.807) is 0 Å². The van der Waals surface area contributed by atoms with Crippen LogP contribution in [-0.4, -0.2) is 12.1 Å². The summed E-state index contributed by atoms with van der Waals surface area (Å²) in [6.45, 7) is 1.46. The van der Waals surface area contributed by atoms with Crippen molar-refractivity contribution >= 4 is 22.2 Å². The molecule has 0 aliphatic carbocycles. The van der Waals surface area contributed by atoms with Gasteiger partial charge in [-0.25, -0.2) is 4.79 Å². The van der Waals surface area contributed by atoms with E-state index in [9.17, 15) is 18.0 Å². The Balaban J connectivity index is 3.09. The molecule has 0 unspecified atom stereocenters. The first-order chi connectivity index (χ1) is 7.35. The highest BCUT2D eigenvalue weighted by molar-refractivity contribution is 9.06. The summed E-state index contributed by atoms with van der Waals surface area (Å²) in [6.07, 6.45) is -5.34.